The molecule has 0 aliphatic rings. The Bertz CT molecular complexity index is 1100. The first-order valence-electron chi connectivity index (χ1n) is 7.55. The third-order valence-corrected chi connectivity index (χ3v) is 4.74. The average Bonchev–Trinajstić information content (AvgIpc) is 2.68. The molecule has 0 radical (unpaired) electrons. The number of fused-ring (bicyclic) bond motifs is 1. The highest BCUT2D eigenvalue weighted by Gasteiger charge is 2.13. The van der Waals surface area contributed by atoms with Crippen molar-refractivity contribution in [1.82, 2.24) is 9.66 Å². The summed E-state index contributed by atoms with van der Waals surface area (Å²) in [5, 5.41) is 9.59. The van der Waals surface area contributed by atoms with Gasteiger partial charge in [-0.05, 0) is 35.9 Å². The summed E-state index contributed by atoms with van der Waals surface area (Å²) in [6.07, 6.45) is 0. The number of nitrogen functional groups attached to an aromatic ring is 1. The number of hydrogen-bond acceptors (Lipinski definition) is 7. The molecule has 3 rings (SSSR count). The summed E-state index contributed by atoms with van der Waals surface area (Å²) >= 11 is 1.27. The fourth-order valence-electron chi connectivity index (χ4n) is 2.40. The quantitative estimate of drug-likeness (QED) is 0.325. The van der Waals surface area contributed by atoms with Crippen molar-refractivity contribution in [3.05, 3.63) is 69.5 Å². The maximum Gasteiger partial charge on any atom is 0.337 e. The second-order valence-electron chi connectivity index (χ2n) is 5.39. The summed E-state index contributed by atoms with van der Waals surface area (Å²) < 4.78 is 5.68. The third kappa shape index (κ3) is 3.38. The molecule has 26 heavy (non-hydrogen) atoms. The van der Waals surface area contributed by atoms with Crippen LogP contribution in [0.25, 0.3) is 10.9 Å². The lowest BCUT2D eigenvalue weighted by Crippen LogP contribution is -2.29. The van der Waals surface area contributed by atoms with Gasteiger partial charge in [0.1, 0.15) is 0 Å². The van der Waals surface area contributed by atoms with Gasteiger partial charge in [0.2, 0.25) is 0 Å². The zero-order valence-corrected chi connectivity index (χ0v) is 14.6. The van der Waals surface area contributed by atoms with Crippen molar-refractivity contribution in [2.75, 3.05) is 13.0 Å². The number of rotatable bonds is 4. The topological polar surface area (TPSA) is 111 Å². The first kappa shape index (κ1) is 17.5. The van der Waals surface area contributed by atoms with Crippen molar-refractivity contribution in [3.63, 3.8) is 0 Å². The molecule has 2 N–H and O–H groups in total. The van der Waals surface area contributed by atoms with Crippen LogP contribution in [0.2, 0.25) is 0 Å². The number of benzene rings is 2. The molecular weight excluding hydrogens is 352 g/mol. The summed E-state index contributed by atoms with van der Waals surface area (Å²) in [5.41, 5.74) is 1.74. The maximum absolute atomic E-state index is 12.4. The summed E-state index contributed by atoms with van der Waals surface area (Å²) in [4.78, 5) is 28.5. The van der Waals surface area contributed by atoms with Crippen LogP contribution in [0.4, 0.5) is 0 Å². The number of aromatic nitrogens is 2. The highest BCUT2D eigenvalue weighted by atomic mass is 32.2. The average molecular weight is 366 g/mol. The molecular formula is C18H14N4O3S. The van der Waals surface area contributed by atoms with Crippen LogP contribution in [-0.2, 0) is 10.5 Å². The van der Waals surface area contributed by atoms with Crippen molar-refractivity contribution in [2.24, 2.45) is 0 Å². The number of thioether (sulfide) groups is 1. The first-order chi connectivity index (χ1) is 12.5. The fraction of sp³-hybridized carbons (Fsp3) is 0.111. The lowest BCUT2D eigenvalue weighted by molar-refractivity contribution is 0.0601. The molecule has 0 saturated heterocycles. The lowest BCUT2D eigenvalue weighted by atomic mass is 10.1. The van der Waals surface area contributed by atoms with Gasteiger partial charge in [0.05, 0.1) is 35.2 Å². The Labute approximate surface area is 153 Å². The summed E-state index contributed by atoms with van der Waals surface area (Å²) in [5.74, 6) is 5.85. The number of nitriles is 1. The molecule has 1 heterocycles. The molecule has 0 unspecified atom stereocenters. The third-order valence-electron chi connectivity index (χ3n) is 3.71. The minimum Gasteiger partial charge on any atom is -0.465 e. The number of ether oxygens (including phenoxy) is 1. The molecule has 0 spiro atoms. The fourth-order valence-corrected chi connectivity index (χ4v) is 3.26. The Hall–Kier alpha value is -3.31. The lowest BCUT2D eigenvalue weighted by Gasteiger charge is -2.09. The van der Waals surface area contributed by atoms with E-state index in [9.17, 15) is 9.59 Å². The van der Waals surface area contributed by atoms with E-state index in [0.29, 0.717) is 32.9 Å². The van der Waals surface area contributed by atoms with E-state index in [1.807, 2.05) is 6.07 Å². The Balaban J connectivity index is 1.97. The predicted molar refractivity (Wildman–Crippen MR) is 98.2 cm³/mol. The van der Waals surface area contributed by atoms with E-state index in [4.69, 9.17) is 15.8 Å². The SMILES string of the molecule is COC(=O)c1ccc2c(=O)n(N)c(SCc3cccc(C#N)c3)nc2c1. The van der Waals surface area contributed by atoms with Crippen LogP contribution in [0, 0.1) is 11.3 Å². The van der Waals surface area contributed by atoms with Gasteiger partial charge in [-0.25, -0.2) is 14.5 Å². The predicted octanol–water partition coefficient (Wildman–Crippen LogP) is 2.06. The highest BCUT2D eigenvalue weighted by molar-refractivity contribution is 7.98. The van der Waals surface area contributed by atoms with Crippen molar-refractivity contribution >= 4 is 28.6 Å². The van der Waals surface area contributed by atoms with Gasteiger partial charge < -0.3 is 10.6 Å². The summed E-state index contributed by atoms with van der Waals surface area (Å²) in [6.45, 7) is 0. The van der Waals surface area contributed by atoms with Crippen LogP contribution >= 0.6 is 11.8 Å². The van der Waals surface area contributed by atoms with Crippen molar-refractivity contribution < 1.29 is 9.53 Å². The normalized spacial score (nSPS) is 10.5. The Morgan fingerprint density at radius 1 is 1.35 bits per heavy atom. The second-order valence-corrected chi connectivity index (χ2v) is 6.34. The molecule has 0 fully saturated rings. The molecule has 1 aromatic heterocycles. The molecule has 0 bridgehead atoms. The molecule has 2 aromatic carbocycles. The van der Waals surface area contributed by atoms with E-state index >= 15 is 0 Å². The minimum absolute atomic E-state index is 0.305. The van der Waals surface area contributed by atoms with Crippen molar-refractivity contribution in [1.29, 1.82) is 5.26 Å². The number of nitrogens with zero attached hydrogens (tertiary/aromatic N) is 3. The van der Waals surface area contributed by atoms with Gasteiger partial charge in [-0.2, -0.15) is 5.26 Å². The maximum atomic E-state index is 12.4. The van der Waals surface area contributed by atoms with E-state index in [0.717, 1.165) is 10.2 Å². The first-order valence-corrected chi connectivity index (χ1v) is 8.54. The van der Waals surface area contributed by atoms with Crippen LogP contribution < -0.4 is 11.4 Å². The smallest absolute Gasteiger partial charge is 0.337 e. The standard InChI is InChI=1S/C18H14N4O3S/c1-25-17(24)13-5-6-14-15(8-13)21-18(22(20)16(14)23)26-10-12-4-2-3-11(7-12)9-19/h2-8H,10,20H2,1H3. The van der Waals surface area contributed by atoms with Gasteiger partial charge in [0, 0.05) is 5.75 Å². The Morgan fingerprint density at radius 2 is 2.15 bits per heavy atom. The van der Waals surface area contributed by atoms with Gasteiger partial charge in [0.25, 0.3) is 5.56 Å². The molecule has 0 amide bonds. The van der Waals surface area contributed by atoms with E-state index in [2.05, 4.69) is 11.1 Å². The number of hydrogen-bond donors (Lipinski definition) is 1. The van der Waals surface area contributed by atoms with Crippen LogP contribution in [0.5, 0.6) is 0 Å². The van der Waals surface area contributed by atoms with E-state index < -0.39 is 11.5 Å². The van der Waals surface area contributed by atoms with Crippen molar-refractivity contribution in [2.45, 2.75) is 10.9 Å². The minimum atomic E-state index is -0.506. The zero-order valence-electron chi connectivity index (χ0n) is 13.8. The van der Waals surface area contributed by atoms with Gasteiger partial charge in [-0.3, -0.25) is 4.79 Å². The molecule has 7 nitrogen and oxygen atoms in total. The molecule has 130 valence electrons. The van der Waals surface area contributed by atoms with Gasteiger partial charge in [0.15, 0.2) is 5.16 Å². The van der Waals surface area contributed by atoms with Gasteiger partial charge >= 0.3 is 5.97 Å². The largest absolute Gasteiger partial charge is 0.465 e. The van der Waals surface area contributed by atoms with Crippen LogP contribution in [0.1, 0.15) is 21.5 Å². The van der Waals surface area contributed by atoms with Crippen LogP contribution in [-0.4, -0.2) is 22.7 Å². The molecule has 0 aliphatic carbocycles. The Morgan fingerprint density at radius 3 is 2.88 bits per heavy atom. The van der Waals surface area contributed by atoms with Gasteiger partial charge in [-0.1, -0.05) is 23.9 Å². The van der Waals surface area contributed by atoms with Crippen molar-refractivity contribution in [3.8, 4) is 6.07 Å². The molecule has 8 heteroatoms. The zero-order chi connectivity index (χ0) is 18.7. The summed E-state index contributed by atoms with van der Waals surface area (Å²) in [6, 6.07) is 13.7. The van der Waals surface area contributed by atoms with E-state index in [-0.39, 0.29) is 0 Å². The monoisotopic (exact) mass is 366 g/mol. The number of carbonyl (C=O) groups excluding carboxylic acids is 1. The number of methoxy groups -OCH3 is 1. The summed E-state index contributed by atoms with van der Waals surface area (Å²) in [7, 11) is 1.29. The molecule has 3 aromatic rings. The van der Waals surface area contributed by atoms with Crippen LogP contribution in [0.15, 0.2) is 52.4 Å². The number of nitrogens with two attached hydrogens (primary N) is 1. The highest BCUT2D eigenvalue weighted by Crippen LogP contribution is 2.22. The molecule has 0 aliphatic heterocycles. The number of esters is 1. The van der Waals surface area contributed by atoms with E-state index in [1.54, 1.807) is 18.2 Å². The number of carbonyl (C=O) groups is 1. The van der Waals surface area contributed by atoms with Gasteiger partial charge in [-0.15, -0.1) is 0 Å². The second kappa shape index (κ2) is 7.29. The molecule has 0 atom stereocenters. The van der Waals surface area contributed by atoms with E-state index in [1.165, 1.54) is 37.1 Å². The van der Waals surface area contributed by atoms with Crippen LogP contribution in [0.3, 0.4) is 0 Å². The Kier molecular flexibility index (Phi) is 4.91. The molecule has 0 saturated carbocycles.